The number of rotatable bonds is 6. The molecular formula is C17H21BrN2O3S. The molecule has 1 atom stereocenters. The molecule has 0 aliphatic carbocycles. The Balaban J connectivity index is 1.77. The summed E-state index contributed by atoms with van der Waals surface area (Å²) < 4.78 is 34.1. The highest BCUT2D eigenvalue weighted by Crippen LogP contribution is 2.26. The number of hydrogen-bond acceptors (Lipinski definition) is 4. The molecule has 1 N–H and O–H groups in total. The molecule has 24 heavy (non-hydrogen) atoms. The third-order valence-corrected chi connectivity index (χ3v) is 6.73. The molecule has 0 amide bonds. The van der Waals surface area contributed by atoms with Gasteiger partial charge in [0.15, 0.2) is 0 Å². The summed E-state index contributed by atoms with van der Waals surface area (Å²) in [7, 11) is -3.58. The summed E-state index contributed by atoms with van der Waals surface area (Å²) >= 11 is 3.31. The topological polar surface area (TPSA) is 62.6 Å². The number of piperidine rings is 1. The Kier molecular flexibility index (Phi) is 5.76. The second-order valence-corrected chi connectivity index (χ2v) is 8.50. The summed E-state index contributed by atoms with van der Waals surface area (Å²) in [6, 6.07) is 10.5. The summed E-state index contributed by atoms with van der Waals surface area (Å²) in [5, 5.41) is 0. The first-order chi connectivity index (χ1) is 11.6. The van der Waals surface area contributed by atoms with E-state index in [-0.39, 0.29) is 17.5 Å². The van der Waals surface area contributed by atoms with Gasteiger partial charge in [-0.25, -0.2) is 13.1 Å². The van der Waals surface area contributed by atoms with Crippen molar-refractivity contribution in [1.82, 2.24) is 9.62 Å². The lowest BCUT2D eigenvalue weighted by atomic mass is 10.1. The molecular weight excluding hydrogens is 392 g/mol. The van der Waals surface area contributed by atoms with Gasteiger partial charge in [0.25, 0.3) is 0 Å². The fourth-order valence-corrected chi connectivity index (χ4v) is 5.09. The zero-order valence-corrected chi connectivity index (χ0v) is 15.7. The van der Waals surface area contributed by atoms with Crippen LogP contribution in [-0.4, -0.2) is 33.0 Å². The van der Waals surface area contributed by atoms with Crippen LogP contribution in [0.2, 0.25) is 0 Å². The maximum absolute atomic E-state index is 12.6. The van der Waals surface area contributed by atoms with Crippen molar-refractivity contribution in [2.45, 2.75) is 30.2 Å². The number of furan rings is 1. The number of likely N-dealkylation sites (tertiary alicyclic amines) is 1. The van der Waals surface area contributed by atoms with E-state index in [2.05, 4.69) is 25.6 Å². The van der Waals surface area contributed by atoms with E-state index in [4.69, 9.17) is 4.42 Å². The molecule has 2 heterocycles. The first-order valence-electron chi connectivity index (χ1n) is 8.09. The highest BCUT2D eigenvalue weighted by molar-refractivity contribution is 9.10. The van der Waals surface area contributed by atoms with Crippen LogP contribution in [0.3, 0.4) is 0 Å². The third-order valence-electron chi connectivity index (χ3n) is 4.30. The van der Waals surface area contributed by atoms with Crippen molar-refractivity contribution in [3.8, 4) is 0 Å². The standard InChI is InChI=1S/C17H21BrN2O3S/c18-14-7-2-3-9-17(14)24(21,22)19-13-15(16-8-6-12-23-16)20-10-4-1-5-11-20/h2-3,6-9,12,15,19H,1,4-5,10-11,13H2. The van der Waals surface area contributed by atoms with Gasteiger partial charge in [0.05, 0.1) is 17.2 Å². The van der Waals surface area contributed by atoms with Crippen LogP contribution in [0.4, 0.5) is 0 Å². The van der Waals surface area contributed by atoms with Crippen molar-refractivity contribution in [3.63, 3.8) is 0 Å². The van der Waals surface area contributed by atoms with Gasteiger partial charge in [0.2, 0.25) is 10.0 Å². The van der Waals surface area contributed by atoms with Crippen molar-refractivity contribution in [2.24, 2.45) is 0 Å². The van der Waals surface area contributed by atoms with Gasteiger partial charge in [-0.2, -0.15) is 0 Å². The Morgan fingerprint density at radius 1 is 1.12 bits per heavy atom. The number of nitrogens with one attached hydrogen (secondary N) is 1. The van der Waals surface area contributed by atoms with Crippen LogP contribution in [-0.2, 0) is 10.0 Å². The maximum atomic E-state index is 12.6. The molecule has 1 aliphatic heterocycles. The SMILES string of the molecule is O=S(=O)(NCC(c1ccco1)N1CCCCC1)c1ccccc1Br. The summed E-state index contributed by atoms with van der Waals surface area (Å²) in [6.07, 6.45) is 5.13. The van der Waals surface area contributed by atoms with Crippen LogP contribution >= 0.6 is 15.9 Å². The minimum Gasteiger partial charge on any atom is -0.468 e. The molecule has 1 saturated heterocycles. The number of sulfonamides is 1. The van der Waals surface area contributed by atoms with Crippen LogP contribution in [0.25, 0.3) is 0 Å². The van der Waals surface area contributed by atoms with Crippen LogP contribution in [0, 0.1) is 0 Å². The molecule has 3 rings (SSSR count). The van der Waals surface area contributed by atoms with Gasteiger partial charge < -0.3 is 4.42 Å². The van der Waals surface area contributed by atoms with E-state index >= 15 is 0 Å². The lowest BCUT2D eigenvalue weighted by Gasteiger charge is -2.33. The zero-order valence-electron chi connectivity index (χ0n) is 13.3. The van der Waals surface area contributed by atoms with Gasteiger partial charge in [-0.15, -0.1) is 0 Å². The van der Waals surface area contributed by atoms with Gasteiger partial charge in [-0.05, 0) is 66.1 Å². The van der Waals surface area contributed by atoms with Gasteiger partial charge >= 0.3 is 0 Å². The van der Waals surface area contributed by atoms with E-state index in [9.17, 15) is 8.42 Å². The van der Waals surface area contributed by atoms with Crippen LogP contribution < -0.4 is 4.72 Å². The van der Waals surface area contributed by atoms with E-state index in [0.717, 1.165) is 31.7 Å². The monoisotopic (exact) mass is 412 g/mol. The second-order valence-electron chi connectivity index (χ2n) is 5.91. The number of nitrogens with zero attached hydrogens (tertiary/aromatic N) is 1. The van der Waals surface area contributed by atoms with Crippen molar-refractivity contribution >= 4 is 26.0 Å². The van der Waals surface area contributed by atoms with E-state index in [1.54, 1.807) is 30.5 Å². The Morgan fingerprint density at radius 3 is 2.54 bits per heavy atom. The summed E-state index contributed by atoms with van der Waals surface area (Å²) in [6.45, 7) is 2.21. The number of hydrogen-bond donors (Lipinski definition) is 1. The Morgan fingerprint density at radius 2 is 1.88 bits per heavy atom. The molecule has 1 aromatic carbocycles. The summed E-state index contributed by atoms with van der Waals surface area (Å²) in [5.74, 6) is 0.798. The lowest BCUT2D eigenvalue weighted by molar-refractivity contribution is 0.147. The quantitative estimate of drug-likeness (QED) is 0.787. The molecule has 1 fully saturated rings. The van der Waals surface area contributed by atoms with Crippen molar-refractivity contribution in [3.05, 3.63) is 52.9 Å². The van der Waals surface area contributed by atoms with E-state index in [1.165, 1.54) is 6.42 Å². The smallest absolute Gasteiger partial charge is 0.241 e. The fourth-order valence-electron chi connectivity index (χ4n) is 3.05. The minimum absolute atomic E-state index is 0.0856. The van der Waals surface area contributed by atoms with Gasteiger partial charge in [0, 0.05) is 11.0 Å². The van der Waals surface area contributed by atoms with Gasteiger partial charge in [0.1, 0.15) is 5.76 Å². The van der Waals surface area contributed by atoms with E-state index < -0.39 is 10.0 Å². The minimum atomic E-state index is -3.58. The third kappa shape index (κ3) is 4.08. The molecule has 0 bridgehead atoms. The van der Waals surface area contributed by atoms with Gasteiger partial charge in [-0.1, -0.05) is 18.6 Å². The fraction of sp³-hybridized carbons (Fsp3) is 0.412. The van der Waals surface area contributed by atoms with Crippen LogP contribution in [0.5, 0.6) is 0 Å². The lowest BCUT2D eigenvalue weighted by Crippen LogP contribution is -2.40. The highest BCUT2D eigenvalue weighted by Gasteiger charge is 2.27. The van der Waals surface area contributed by atoms with Crippen LogP contribution in [0.15, 0.2) is 56.4 Å². The van der Waals surface area contributed by atoms with Gasteiger partial charge in [-0.3, -0.25) is 4.90 Å². The summed E-state index contributed by atoms with van der Waals surface area (Å²) in [4.78, 5) is 2.55. The maximum Gasteiger partial charge on any atom is 0.241 e. The molecule has 0 radical (unpaired) electrons. The average Bonchev–Trinajstić information content (AvgIpc) is 3.10. The Hall–Kier alpha value is -1.15. The van der Waals surface area contributed by atoms with Crippen LogP contribution in [0.1, 0.15) is 31.1 Å². The second kappa shape index (κ2) is 7.82. The Bertz CT molecular complexity index is 756. The first kappa shape index (κ1) is 17.7. The van der Waals surface area contributed by atoms with Crippen molar-refractivity contribution < 1.29 is 12.8 Å². The predicted molar refractivity (Wildman–Crippen MR) is 96.2 cm³/mol. The van der Waals surface area contributed by atoms with Crippen molar-refractivity contribution in [1.29, 1.82) is 0 Å². The highest BCUT2D eigenvalue weighted by atomic mass is 79.9. The summed E-state index contributed by atoms with van der Waals surface area (Å²) in [5.41, 5.74) is 0. The number of halogens is 1. The average molecular weight is 413 g/mol. The molecule has 0 saturated carbocycles. The molecule has 1 aromatic heterocycles. The number of benzene rings is 1. The van der Waals surface area contributed by atoms with E-state index in [0.29, 0.717) is 4.47 Å². The molecule has 1 aliphatic rings. The molecule has 0 spiro atoms. The molecule has 2 aromatic rings. The van der Waals surface area contributed by atoms with E-state index in [1.807, 2.05) is 12.1 Å². The molecule has 130 valence electrons. The first-order valence-corrected chi connectivity index (χ1v) is 10.4. The predicted octanol–water partition coefficient (Wildman–Crippen LogP) is 3.55. The van der Waals surface area contributed by atoms with Crippen molar-refractivity contribution in [2.75, 3.05) is 19.6 Å². The normalized spacial score (nSPS) is 17.7. The largest absolute Gasteiger partial charge is 0.468 e. The molecule has 7 heteroatoms. The Labute approximate surface area is 151 Å². The zero-order chi connectivity index (χ0) is 17.0. The molecule has 5 nitrogen and oxygen atoms in total. The molecule has 1 unspecified atom stereocenters.